The molecule has 7 heteroatoms. The fraction of sp³-hybridized carbons (Fsp3) is 0.333. The van der Waals surface area contributed by atoms with E-state index in [4.69, 9.17) is 23.2 Å². The van der Waals surface area contributed by atoms with Gasteiger partial charge in [-0.05, 0) is 24.1 Å². The van der Waals surface area contributed by atoms with Crippen molar-refractivity contribution in [2.45, 2.75) is 19.4 Å². The average Bonchev–Trinajstić information content (AvgIpc) is 2.93. The number of aromatic amines is 1. The third kappa shape index (κ3) is 3.27. The molecule has 1 aromatic carbocycles. The molecular formula is C15H16Cl2N4O. The van der Waals surface area contributed by atoms with Crippen molar-refractivity contribution in [3.63, 3.8) is 0 Å². The van der Waals surface area contributed by atoms with Crippen LogP contribution in [-0.2, 0) is 19.4 Å². The third-order valence-corrected chi connectivity index (χ3v) is 4.30. The van der Waals surface area contributed by atoms with Crippen molar-refractivity contribution in [3.05, 3.63) is 50.8 Å². The molecule has 0 spiro atoms. The smallest absolute Gasteiger partial charge is 0.272 e. The summed E-state index contributed by atoms with van der Waals surface area (Å²) >= 11 is 12.0. The lowest BCUT2D eigenvalue weighted by Gasteiger charge is -2.13. The summed E-state index contributed by atoms with van der Waals surface area (Å²) < 4.78 is 0. The normalized spacial score (nSPS) is 13.7. The molecule has 22 heavy (non-hydrogen) atoms. The van der Waals surface area contributed by atoms with E-state index in [9.17, 15) is 4.79 Å². The standard InChI is InChI=1S/C15H16Cl2N4O/c16-10-2-1-9(12(17)7-10)3-6-19-15(22)14-11-8-18-5-4-13(11)20-21-14/h1-2,7,18H,3-6,8H2,(H,19,22)(H,20,21). The maximum Gasteiger partial charge on any atom is 0.272 e. The Labute approximate surface area is 138 Å². The monoisotopic (exact) mass is 338 g/mol. The quantitative estimate of drug-likeness (QED) is 0.801. The molecule has 2 aromatic rings. The van der Waals surface area contributed by atoms with E-state index in [1.54, 1.807) is 12.1 Å². The first-order valence-corrected chi connectivity index (χ1v) is 7.89. The second-order valence-corrected chi connectivity index (χ2v) is 6.04. The second-order valence-electron chi connectivity index (χ2n) is 5.20. The maximum atomic E-state index is 12.2. The highest BCUT2D eigenvalue weighted by Crippen LogP contribution is 2.21. The number of hydrogen-bond acceptors (Lipinski definition) is 3. The largest absolute Gasteiger partial charge is 0.350 e. The highest BCUT2D eigenvalue weighted by atomic mass is 35.5. The number of carbonyl (C=O) groups is 1. The number of benzene rings is 1. The van der Waals surface area contributed by atoms with E-state index >= 15 is 0 Å². The van der Waals surface area contributed by atoms with E-state index in [1.165, 1.54) is 0 Å². The molecule has 116 valence electrons. The number of rotatable bonds is 4. The van der Waals surface area contributed by atoms with Crippen LogP contribution in [0.15, 0.2) is 18.2 Å². The number of halogens is 2. The number of H-pyrrole nitrogens is 1. The molecule has 0 atom stereocenters. The van der Waals surface area contributed by atoms with E-state index in [-0.39, 0.29) is 5.91 Å². The molecular weight excluding hydrogens is 323 g/mol. The van der Waals surface area contributed by atoms with E-state index in [0.717, 1.165) is 29.8 Å². The van der Waals surface area contributed by atoms with Crippen LogP contribution in [0.3, 0.4) is 0 Å². The summed E-state index contributed by atoms with van der Waals surface area (Å²) in [6, 6.07) is 5.37. The van der Waals surface area contributed by atoms with Crippen molar-refractivity contribution in [1.29, 1.82) is 0 Å². The fourth-order valence-corrected chi connectivity index (χ4v) is 3.03. The van der Waals surface area contributed by atoms with Crippen LogP contribution >= 0.6 is 23.2 Å². The number of nitrogens with one attached hydrogen (secondary N) is 3. The molecule has 5 nitrogen and oxygen atoms in total. The average molecular weight is 339 g/mol. The van der Waals surface area contributed by atoms with Crippen LogP contribution in [0.4, 0.5) is 0 Å². The van der Waals surface area contributed by atoms with E-state index in [2.05, 4.69) is 20.8 Å². The summed E-state index contributed by atoms with van der Waals surface area (Å²) in [6.07, 6.45) is 1.52. The van der Waals surface area contributed by atoms with Gasteiger partial charge in [-0.1, -0.05) is 29.3 Å². The molecule has 0 aliphatic carbocycles. The lowest BCUT2D eigenvalue weighted by molar-refractivity contribution is 0.0948. The summed E-state index contributed by atoms with van der Waals surface area (Å²) in [5.74, 6) is -0.161. The molecule has 0 unspecified atom stereocenters. The highest BCUT2D eigenvalue weighted by Gasteiger charge is 2.21. The first-order valence-electron chi connectivity index (χ1n) is 7.14. The highest BCUT2D eigenvalue weighted by molar-refractivity contribution is 6.35. The van der Waals surface area contributed by atoms with Crippen molar-refractivity contribution < 1.29 is 4.79 Å². The molecule has 0 radical (unpaired) electrons. The van der Waals surface area contributed by atoms with Gasteiger partial charge in [-0.3, -0.25) is 9.89 Å². The SMILES string of the molecule is O=C(NCCc1ccc(Cl)cc1Cl)c1n[nH]c2c1CNCC2. The molecule has 0 saturated heterocycles. The van der Waals surface area contributed by atoms with E-state index < -0.39 is 0 Å². The zero-order chi connectivity index (χ0) is 15.5. The lowest BCUT2D eigenvalue weighted by Crippen LogP contribution is -2.29. The molecule has 0 bridgehead atoms. The Kier molecular flexibility index (Phi) is 4.66. The number of fused-ring (bicyclic) bond motifs is 1. The summed E-state index contributed by atoms with van der Waals surface area (Å²) in [5, 5.41) is 14.4. The zero-order valence-corrected chi connectivity index (χ0v) is 13.4. The van der Waals surface area contributed by atoms with Crippen LogP contribution in [0.5, 0.6) is 0 Å². The number of nitrogens with zero attached hydrogens (tertiary/aromatic N) is 1. The van der Waals surface area contributed by atoms with Gasteiger partial charge in [0.2, 0.25) is 0 Å². The zero-order valence-electron chi connectivity index (χ0n) is 11.9. The molecule has 1 aromatic heterocycles. The van der Waals surface area contributed by atoms with Crippen molar-refractivity contribution in [2.24, 2.45) is 0 Å². The van der Waals surface area contributed by atoms with E-state index in [0.29, 0.717) is 35.2 Å². The fourth-order valence-electron chi connectivity index (χ4n) is 2.53. The van der Waals surface area contributed by atoms with Crippen LogP contribution in [0.2, 0.25) is 10.0 Å². The predicted octanol–water partition coefficient (Wildman–Crippen LogP) is 2.33. The second kappa shape index (κ2) is 6.69. The van der Waals surface area contributed by atoms with Crippen LogP contribution in [0, 0.1) is 0 Å². The Hall–Kier alpha value is -1.56. The topological polar surface area (TPSA) is 69.8 Å². The predicted molar refractivity (Wildman–Crippen MR) is 86.5 cm³/mol. The van der Waals surface area contributed by atoms with Crippen molar-refractivity contribution >= 4 is 29.1 Å². The Morgan fingerprint density at radius 3 is 3.05 bits per heavy atom. The van der Waals surface area contributed by atoms with Crippen LogP contribution in [0.1, 0.15) is 27.3 Å². The minimum Gasteiger partial charge on any atom is -0.350 e. The summed E-state index contributed by atoms with van der Waals surface area (Å²) in [7, 11) is 0. The maximum absolute atomic E-state index is 12.2. The van der Waals surface area contributed by atoms with Crippen molar-refractivity contribution in [2.75, 3.05) is 13.1 Å². The van der Waals surface area contributed by atoms with Crippen LogP contribution in [0.25, 0.3) is 0 Å². The summed E-state index contributed by atoms with van der Waals surface area (Å²) in [5.41, 5.74) is 3.44. The molecule has 3 N–H and O–H groups in total. The van der Waals surface area contributed by atoms with Gasteiger partial charge in [-0.15, -0.1) is 0 Å². The number of amides is 1. The Morgan fingerprint density at radius 2 is 2.23 bits per heavy atom. The first-order chi connectivity index (χ1) is 10.6. The molecule has 3 rings (SSSR count). The van der Waals surface area contributed by atoms with Gasteiger partial charge >= 0.3 is 0 Å². The van der Waals surface area contributed by atoms with Gasteiger partial charge in [0.25, 0.3) is 5.91 Å². The number of hydrogen-bond donors (Lipinski definition) is 3. The molecule has 0 fully saturated rings. The van der Waals surface area contributed by atoms with Gasteiger partial charge in [0.05, 0.1) is 0 Å². The molecule has 1 amide bonds. The van der Waals surface area contributed by atoms with Crippen molar-refractivity contribution in [1.82, 2.24) is 20.8 Å². The third-order valence-electron chi connectivity index (χ3n) is 3.72. The van der Waals surface area contributed by atoms with Gasteiger partial charge < -0.3 is 10.6 Å². The molecule has 1 aliphatic rings. The van der Waals surface area contributed by atoms with Gasteiger partial charge in [0.15, 0.2) is 5.69 Å². The Bertz CT molecular complexity index is 699. The minimum atomic E-state index is -0.161. The van der Waals surface area contributed by atoms with Gasteiger partial charge in [0.1, 0.15) is 0 Å². The molecule has 0 saturated carbocycles. The summed E-state index contributed by atoms with van der Waals surface area (Å²) in [6.45, 7) is 2.08. The minimum absolute atomic E-state index is 0.161. The lowest BCUT2D eigenvalue weighted by atomic mass is 10.1. The number of carbonyl (C=O) groups excluding carboxylic acids is 1. The van der Waals surface area contributed by atoms with E-state index in [1.807, 2.05) is 6.07 Å². The van der Waals surface area contributed by atoms with Gasteiger partial charge in [0, 0.05) is 47.4 Å². The van der Waals surface area contributed by atoms with Crippen molar-refractivity contribution in [3.8, 4) is 0 Å². The summed E-state index contributed by atoms with van der Waals surface area (Å²) in [4.78, 5) is 12.2. The molecule has 1 aliphatic heterocycles. The van der Waals surface area contributed by atoms with Gasteiger partial charge in [-0.2, -0.15) is 5.10 Å². The Morgan fingerprint density at radius 1 is 1.36 bits per heavy atom. The van der Waals surface area contributed by atoms with Gasteiger partial charge in [-0.25, -0.2) is 0 Å². The first kappa shape index (κ1) is 15.3. The number of aromatic nitrogens is 2. The Balaban J connectivity index is 1.60. The molecule has 2 heterocycles. The van der Waals surface area contributed by atoms with Crippen LogP contribution < -0.4 is 10.6 Å². The van der Waals surface area contributed by atoms with Crippen LogP contribution in [-0.4, -0.2) is 29.2 Å².